The van der Waals surface area contributed by atoms with E-state index in [1.54, 1.807) is 0 Å². The van der Waals surface area contributed by atoms with Crippen molar-refractivity contribution in [3.63, 3.8) is 0 Å². The van der Waals surface area contributed by atoms with Crippen LogP contribution in [0.5, 0.6) is 0 Å². The summed E-state index contributed by atoms with van der Waals surface area (Å²) in [5.41, 5.74) is 1.99. The van der Waals surface area contributed by atoms with Gasteiger partial charge in [-0.3, -0.25) is 0 Å². The van der Waals surface area contributed by atoms with E-state index in [0.717, 1.165) is 0 Å². The van der Waals surface area contributed by atoms with Crippen molar-refractivity contribution >= 4 is 35.0 Å². The molecule has 0 aliphatic carbocycles. The highest BCUT2D eigenvalue weighted by Crippen LogP contribution is 1.79. The topological polar surface area (TPSA) is 0 Å². The van der Waals surface area contributed by atoms with Crippen molar-refractivity contribution in [2.24, 2.45) is 0 Å². The van der Waals surface area contributed by atoms with Gasteiger partial charge in [0.15, 0.2) is 8.14 Å². The highest BCUT2D eigenvalue weighted by atomic mass is 79.9. The van der Waals surface area contributed by atoms with Crippen LogP contribution < -0.4 is 0 Å². The molecule has 0 aromatic carbocycles. The molecule has 0 aliphatic rings. The fourth-order valence-electron chi connectivity index (χ4n) is 0.0891. The third-order valence-corrected chi connectivity index (χ3v) is 1.60. The number of hydrogen-bond acceptors (Lipinski definition) is 0. The maximum atomic E-state index is 5.28. The lowest BCUT2D eigenvalue weighted by Gasteiger charge is -1.67. The van der Waals surface area contributed by atoms with Crippen LogP contribution >= 0.6 is 26.9 Å². The molecule has 0 unspecified atom stereocenters. The first-order chi connectivity index (χ1) is 2.91. The Bertz CT molecular complexity index is 40.1. The van der Waals surface area contributed by atoms with Crippen LogP contribution in [0, 0.1) is 0 Å². The molecule has 0 amide bonds. The Morgan fingerprint density at radius 1 is 1.83 bits per heavy atom. The highest BCUT2D eigenvalue weighted by molar-refractivity contribution is 9.23. The molecule has 0 aromatic heterocycles. The Hall–Kier alpha value is 0.727. The average molecular weight is 184 g/mol. The molecule has 2 radical (unpaired) electrons. The molecule has 34 valence electrons. The highest BCUT2D eigenvalue weighted by Gasteiger charge is 1.65. The second kappa shape index (κ2) is 5.73. The zero-order chi connectivity index (χ0) is 4.83. The molecule has 6 heavy (non-hydrogen) atoms. The van der Waals surface area contributed by atoms with E-state index in [-0.39, 0.29) is 0 Å². The van der Waals surface area contributed by atoms with Crippen LogP contribution in [0.2, 0.25) is 0 Å². The van der Waals surface area contributed by atoms with Gasteiger partial charge in [-0.05, 0) is 0 Å². The monoisotopic (exact) mass is 182 g/mol. The molecular formula is C3H4BrClSi. The van der Waals surface area contributed by atoms with Gasteiger partial charge in [-0.2, -0.15) is 0 Å². The third kappa shape index (κ3) is 4.73. The third-order valence-electron chi connectivity index (χ3n) is 0.270. The van der Waals surface area contributed by atoms with Crippen molar-refractivity contribution in [3.8, 4) is 0 Å². The Morgan fingerprint density at radius 3 is 2.67 bits per heavy atom. The molecule has 0 N–H and O–H groups in total. The van der Waals surface area contributed by atoms with Gasteiger partial charge in [0.25, 0.3) is 0 Å². The van der Waals surface area contributed by atoms with E-state index < -0.39 is 0 Å². The van der Waals surface area contributed by atoms with Crippen molar-refractivity contribution in [1.29, 1.82) is 0 Å². The largest absolute Gasteiger partial charge is 0.167 e. The Morgan fingerprint density at radius 2 is 2.50 bits per heavy atom. The van der Waals surface area contributed by atoms with E-state index in [1.165, 1.54) is 0 Å². The molecule has 0 saturated carbocycles. The van der Waals surface area contributed by atoms with Gasteiger partial charge >= 0.3 is 0 Å². The van der Waals surface area contributed by atoms with Gasteiger partial charge in [-0.1, -0.05) is 11.8 Å². The van der Waals surface area contributed by atoms with Crippen molar-refractivity contribution < 1.29 is 0 Å². The number of halogens is 2. The summed E-state index contributed by atoms with van der Waals surface area (Å²) in [6.45, 7) is 0. The standard InChI is InChI=1S/C3H4BrClSi/c4-6-3-1-2-5/h1,3H,2H2. The molecule has 0 nitrogen and oxygen atoms in total. The average Bonchev–Trinajstić information content (AvgIpc) is 1.61. The summed E-state index contributed by atoms with van der Waals surface area (Å²) in [5, 5.41) is 0. The molecule has 3 heteroatoms. The molecule has 0 aliphatic heterocycles. The lowest BCUT2D eigenvalue weighted by Crippen LogP contribution is -1.64. The van der Waals surface area contributed by atoms with E-state index in [1.807, 2.05) is 11.8 Å². The number of alkyl halides is 1. The van der Waals surface area contributed by atoms with Gasteiger partial charge in [-0.25, -0.2) is 0 Å². The molecule has 0 spiro atoms. The molecule has 0 saturated heterocycles. The van der Waals surface area contributed by atoms with Gasteiger partial charge in [0.1, 0.15) is 0 Å². The van der Waals surface area contributed by atoms with Crippen molar-refractivity contribution in [3.05, 3.63) is 11.8 Å². The second-order valence-corrected chi connectivity index (χ2v) is 2.90. The Balaban J connectivity index is 2.73. The fraction of sp³-hybridized carbons (Fsp3) is 0.333. The summed E-state index contributed by atoms with van der Waals surface area (Å²) in [6, 6.07) is 0. The number of allylic oxidation sites excluding steroid dienone is 1. The smallest absolute Gasteiger partial charge is 0.125 e. The maximum absolute atomic E-state index is 5.28. The van der Waals surface area contributed by atoms with E-state index in [9.17, 15) is 0 Å². The lowest BCUT2D eigenvalue weighted by molar-refractivity contribution is 1.79. The van der Waals surface area contributed by atoms with Crippen LogP contribution in [0.1, 0.15) is 0 Å². The van der Waals surface area contributed by atoms with Gasteiger partial charge in [0.05, 0.1) is 0 Å². The van der Waals surface area contributed by atoms with Crippen molar-refractivity contribution in [1.82, 2.24) is 0 Å². The van der Waals surface area contributed by atoms with E-state index in [4.69, 9.17) is 11.6 Å². The van der Waals surface area contributed by atoms with E-state index in [0.29, 0.717) is 14.0 Å². The first kappa shape index (κ1) is 6.73. The van der Waals surface area contributed by atoms with Crippen LogP contribution in [-0.2, 0) is 0 Å². The predicted molar refractivity (Wildman–Crippen MR) is 34.5 cm³/mol. The zero-order valence-corrected chi connectivity index (χ0v) is 6.46. The van der Waals surface area contributed by atoms with Crippen LogP contribution in [0.3, 0.4) is 0 Å². The Kier molecular flexibility index (Phi) is 6.42. The molecule has 0 bridgehead atoms. The van der Waals surface area contributed by atoms with Crippen LogP contribution in [0.4, 0.5) is 0 Å². The maximum Gasteiger partial charge on any atom is 0.167 e. The predicted octanol–water partition coefficient (Wildman–Crippen LogP) is 1.75. The molecule has 0 heterocycles. The van der Waals surface area contributed by atoms with Gasteiger partial charge in [0, 0.05) is 5.88 Å². The summed E-state index contributed by atoms with van der Waals surface area (Å²) in [6.07, 6.45) is 1.91. The molecule has 0 aromatic rings. The summed E-state index contributed by atoms with van der Waals surface area (Å²) in [7, 11) is 0.712. The van der Waals surface area contributed by atoms with Crippen LogP contribution in [0.25, 0.3) is 0 Å². The zero-order valence-electron chi connectivity index (χ0n) is 3.12. The second-order valence-electron chi connectivity index (χ2n) is 0.666. The normalized spacial score (nSPS) is 10.3. The molecular weight excluding hydrogens is 179 g/mol. The first-order valence-corrected chi connectivity index (χ1v) is 5.36. The summed E-state index contributed by atoms with van der Waals surface area (Å²) < 4.78 is 0. The fourth-order valence-corrected chi connectivity index (χ4v) is 1.10. The van der Waals surface area contributed by atoms with Gasteiger partial charge in [0.2, 0.25) is 0 Å². The van der Waals surface area contributed by atoms with E-state index in [2.05, 4.69) is 15.3 Å². The summed E-state index contributed by atoms with van der Waals surface area (Å²) in [4.78, 5) is 0. The number of rotatable bonds is 2. The van der Waals surface area contributed by atoms with E-state index >= 15 is 0 Å². The van der Waals surface area contributed by atoms with Gasteiger partial charge < -0.3 is 0 Å². The quantitative estimate of drug-likeness (QED) is 0.348. The Labute approximate surface area is 53.0 Å². The molecule has 0 rings (SSSR count). The minimum absolute atomic E-state index is 0.624. The van der Waals surface area contributed by atoms with Crippen LogP contribution in [-0.4, -0.2) is 14.0 Å². The van der Waals surface area contributed by atoms with Gasteiger partial charge in [-0.15, -0.1) is 26.9 Å². The molecule has 0 fully saturated rings. The first-order valence-electron chi connectivity index (χ1n) is 1.49. The summed E-state index contributed by atoms with van der Waals surface area (Å²) >= 11 is 8.51. The number of hydrogen-bond donors (Lipinski definition) is 0. The minimum atomic E-state index is 0.624. The minimum Gasteiger partial charge on any atom is -0.125 e. The van der Waals surface area contributed by atoms with Crippen molar-refractivity contribution in [2.75, 3.05) is 5.88 Å². The lowest BCUT2D eigenvalue weighted by atomic mass is 10.8. The summed E-state index contributed by atoms with van der Waals surface area (Å²) in [5.74, 6) is 0.624. The van der Waals surface area contributed by atoms with Crippen LogP contribution in [0.15, 0.2) is 11.8 Å². The van der Waals surface area contributed by atoms with Crippen molar-refractivity contribution in [2.45, 2.75) is 0 Å². The SMILES string of the molecule is ClCC=C[Si]Br. The molecule has 0 atom stereocenters.